The van der Waals surface area contributed by atoms with E-state index in [4.69, 9.17) is 0 Å². The number of thiol groups is 1. The van der Waals surface area contributed by atoms with Crippen molar-refractivity contribution in [2.45, 2.75) is 18.9 Å². The average Bonchev–Trinajstić information content (AvgIpc) is 2.27. The number of rotatable bonds is 3. The topological polar surface area (TPSA) is 23.6 Å². The van der Waals surface area contributed by atoms with Gasteiger partial charge in [0.2, 0.25) is 5.91 Å². The van der Waals surface area contributed by atoms with E-state index in [1.807, 2.05) is 4.90 Å². The van der Waals surface area contributed by atoms with Gasteiger partial charge in [0, 0.05) is 25.0 Å². The molecule has 14 heavy (non-hydrogen) atoms. The quantitative estimate of drug-likeness (QED) is 0.430. The highest BCUT2D eigenvalue weighted by Crippen LogP contribution is 2.15. The van der Waals surface area contributed by atoms with Crippen molar-refractivity contribution in [3.8, 4) is 0 Å². The van der Waals surface area contributed by atoms with Crippen LogP contribution < -0.4 is 0 Å². The second-order valence-electron chi connectivity index (χ2n) is 3.66. The summed E-state index contributed by atoms with van der Waals surface area (Å²) in [5.74, 6) is 0.831. The Balaban J connectivity index is 2.38. The summed E-state index contributed by atoms with van der Waals surface area (Å²) in [5, 5.41) is 0. The van der Waals surface area contributed by atoms with Gasteiger partial charge in [-0.05, 0) is 26.0 Å². The van der Waals surface area contributed by atoms with Crippen LogP contribution in [0, 0.1) is 0 Å². The van der Waals surface area contributed by atoms with Crippen LogP contribution in [0.5, 0.6) is 0 Å². The average molecular weight is 214 g/mol. The van der Waals surface area contributed by atoms with Gasteiger partial charge in [-0.1, -0.05) is 6.58 Å². The molecule has 0 aliphatic carbocycles. The minimum Gasteiger partial charge on any atom is -0.339 e. The first-order valence-corrected chi connectivity index (χ1v) is 5.54. The molecule has 0 aromatic rings. The zero-order valence-electron chi connectivity index (χ0n) is 8.65. The van der Waals surface area contributed by atoms with E-state index in [9.17, 15) is 4.79 Å². The van der Waals surface area contributed by atoms with Crippen LogP contribution >= 0.6 is 12.6 Å². The molecule has 0 aromatic carbocycles. The summed E-state index contributed by atoms with van der Waals surface area (Å²) in [6, 6.07) is 0.571. The van der Waals surface area contributed by atoms with E-state index in [1.165, 1.54) is 6.08 Å². The molecule has 1 rings (SSSR count). The van der Waals surface area contributed by atoms with E-state index >= 15 is 0 Å². The number of piperidine rings is 1. The van der Waals surface area contributed by atoms with Gasteiger partial charge in [0.25, 0.3) is 0 Å². The maximum atomic E-state index is 11.3. The van der Waals surface area contributed by atoms with E-state index in [0.717, 1.165) is 31.8 Å². The standard InChI is InChI=1S/C10H18N2OS/c1-3-10(13)12-6-4-9(5-7-12)11(2)8-14/h3,9,14H,1,4-8H2,2H3. The lowest BCUT2D eigenvalue weighted by molar-refractivity contribution is -0.127. The van der Waals surface area contributed by atoms with Gasteiger partial charge in [0.05, 0.1) is 0 Å². The molecule has 1 saturated heterocycles. The van der Waals surface area contributed by atoms with Gasteiger partial charge >= 0.3 is 0 Å². The molecule has 1 aliphatic rings. The lowest BCUT2D eigenvalue weighted by Crippen LogP contribution is -2.44. The van der Waals surface area contributed by atoms with Gasteiger partial charge in [0.15, 0.2) is 0 Å². The van der Waals surface area contributed by atoms with Gasteiger partial charge < -0.3 is 4.90 Å². The van der Waals surface area contributed by atoms with Crippen LogP contribution in [-0.2, 0) is 4.79 Å². The summed E-state index contributed by atoms with van der Waals surface area (Å²) in [5.41, 5.74) is 0. The molecule has 0 unspecified atom stereocenters. The van der Waals surface area contributed by atoms with Crippen LogP contribution in [0.3, 0.4) is 0 Å². The van der Waals surface area contributed by atoms with Crippen molar-refractivity contribution in [1.82, 2.24) is 9.80 Å². The molecule has 1 heterocycles. The Labute approximate surface area is 91.2 Å². The van der Waals surface area contributed by atoms with Gasteiger partial charge in [0.1, 0.15) is 0 Å². The molecule has 0 atom stereocenters. The second kappa shape index (κ2) is 5.41. The van der Waals surface area contributed by atoms with Crippen molar-refractivity contribution in [2.24, 2.45) is 0 Å². The first-order chi connectivity index (χ1) is 6.69. The third-order valence-corrected chi connectivity index (χ3v) is 3.24. The van der Waals surface area contributed by atoms with Crippen LogP contribution in [0.4, 0.5) is 0 Å². The van der Waals surface area contributed by atoms with Crippen LogP contribution in [0.15, 0.2) is 12.7 Å². The third-order valence-electron chi connectivity index (χ3n) is 2.80. The van der Waals surface area contributed by atoms with Crippen molar-refractivity contribution >= 4 is 18.5 Å². The molecule has 1 amide bonds. The van der Waals surface area contributed by atoms with Crippen molar-refractivity contribution in [1.29, 1.82) is 0 Å². The molecule has 0 spiro atoms. The summed E-state index contributed by atoms with van der Waals surface area (Å²) in [6.45, 7) is 5.17. The number of nitrogens with zero attached hydrogens (tertiary/aromatic N) is 2. The summed E-state index contributed by atoms with van der Waals surface area (Å²) >= 11 is 4.24. The van der Waals surface area contributed by atoms with E-state index in [2.05, 4.69) is 31.2 Å². The molecule has 80 valence electrons. The van der Waals surface area contributed by atoms with Gasteiger partial charge in [-0.3, -0.25) is 9.69 Å². The third kappa shape index (κ3) is 2.75. The highest BCUT2D eigenvalue weighted by Gasteiger charge is 2.23. The number of likely N-dealkylation sites (tertiary alicyclic amines) is 1. The second-order valence-corrected chi connectivity index (χ2v) is 3.94. The molecule has 0 radical (unpaired) electrons. The Bertz CT molecular complexity index is 212. The molecule has 0 bridgehead atoms. The van der Waals surface area contributed by atoms with E-state index in [1.54, 1.807) is 0 Å². The SMILES string of the molecule is C=CC(=O)N1CCC(N(C)CS)CC1. The predicted molar refractivity (Wildman–Crippen MR) is 61.4 cm³/mol. The largest absolute Gasteiger partial charge is 0.339 e. The fourth-order valence-electron chi connectivity index (χ4n) is 1.77. The molecular formula is C10H18N2OS. The van der Waals surface area contributed by atoms with Crippen molar-refractivity contribution in [3.05, 3.63) is 12.7 Å². The predicted octanol–water partition coefficient (Wildman–Crippen LogP) is 0.982. The zero-order valence-corrected chi connectivity index (χ0v) is 9.54. The van der Waals surface area contributed by atoms with Crippen LogP contribution in [0.2, 0.25) is 0 Å². The highest BCUT2D eigenvalue weighted by atomic mass is 32.1. The van der Waals surface area contributed by atoms with E-state index < -0.39 is 0 Å². The Hall–Kier alpha value is -0.480. The summed E-state index contributed by atoms with van der Waals surface area (Å²) in [4.78, 5) is 15.4. The number of hydrogen-bond donors (Lipinski definition) is 1. The lowest BCUT2D eigenvalue weighted by Gasteiger charge is -2.35. The molecule has 1 aliphatic heterocycles. The molecule has 0 aromatic heterocycles. The van der Waals surface area contributed by atoms with Crippen molar-refractivity contribution in [3.63, 3.8) is 0 Å². The minimum absolute atomic E-state index is 0.0528. The number of carbonyl (C=O) groups is 1. The smallest absolute Gasteiger partial charge is 0.245 e. The molecule has 0 N–H and O–H groups in total. The monoisotopic (exact) mass is 214 g/mol. The maximum absolute atomic E-state index is 11.3. The fourth-order valence-corrected chi connectivity index (χ4v) is 2.00. The molecule has 4 heteroatoms. The lowest BCUT2D eigenvalue weighted by atomic mass is 10.0. The number of hydrogen-bond acceptors (Lipinski definition) is 3. The van der Waals surface area contributed by atoms with Crippen LogP contribution in [-0.4, -0.2) is 47.8 Å². The van der Waals surface area contributed by atoms with Gasteiger partial charge in [-0.25, -0.2) is 0 Å². The molecule has 1 fully saturated rings. The first-order valence-electron chi connectivity index (χ1n) is 4.91. The Morgan fingerprint density at radius 3 is 2.64 bits per heavy atom. The summed E-state index contributed by atoms with van der Waals surface area (Å²) in [7, 11) is 2.07. The summed E-state index contributed by atoms with van der Waals surface area (Å²) < 4.78 is 0. The molecule has 3 nitrogen and oxygen atoms in total. The van der Waals surface area contributed by atoms with Crippen molar-refractivity contribution < 1.29 is 4.79 Å². The number of carbonyl (C=O) groups excluding carboxylic acids is 1. The maximum Gasteiger partial charge on any atom is 0.245 e. The van der Waals surface area contributed by atoms with E-state index in [-0.39, 0.29) is 5.91 Å². The van der Waals surface area contributed by atoms with Crippen LogP contribution in [0.1, 0.15) is 12.8 Å². The fraction of sp³-hybridized carbons (Fsp3) is 0.700. The minimum atomic E-state index is 0.0528. The zero-order chi connectivity index (χ0) is 10.6. The van der Waals surface area contributed by atoms with E-state index in [0.29, 0.717) is 6.04 Å². The first kappa shape index (κ1) is 11.6. The van der Waals surface area contributed by atoms with Gasteiger partial charge in [-0.2, -0.15) is 12.6 Å². The molecule has 0 saturated carbocycles. The normalized spacial score (nSPS) is 18.6. The summed E-state index contributed by atoms with van der Waals surface area (Å²) in [6.07, 6.45) is 3.47. The Morgan fingerprint density at radius 2 is 2.21 bits per heavy atom. The highest BCUT2D eigenvalue weighted by molar-refractivity contribution is 7.80. The Morgan fingerprint density at radius 1 is 1.64 bits per heavy atom. The van der Waals surface area contributed by atoms with Gasteiger partial charge in [-0.15, -0.1) is 0 Å². The number of amides is 1. The Kier molecular flexibility index (Phi) is 4.48. The van der Waals surface area contributed by atoms with Crippen LogP contribution in [0.25, 0.3) is 0 Å². The molecular weight excluding hydrogens is 196 g/mol. The van der Waals surface area contributed by atoms with Crippen molar-refractivity contribution in [2.75, 3.05) is 26.0 Å².